The molecule has 3 N–H and O–H groups in total. The van der Waals surface area contributed by atoms with Gasteiger partial charge in [-0.15, -0.1) is 0 Å². The number of rotatable bonds is 2. The van der Waals surface area contributed by atoms with Crippen LogP contribution in [0.4, 0.5) is 0 Å². The lowest BCUT2D eigenvalue weighted by molar-refractivity contribution is 0.321. The molecule has 0 aliphatic heterocycles. The van der Waals surface area contributed by atoms with E-state index in [0.717, 1.165) is 38.6 Å². The van der Waals surface area contributed by atoms with Crippen molar-refractivity contribution in [1.82, 2.24) is 9.97 Å². The van der Waals surface area contributed by atoms with Crippen molar-refractivity contribution >= 4 is 28.0 Å². The fourth-order valence-corrected chi connectivity index (χ4v) is 2.89. The molecule has 4 aromatic rings. The molecule has 0 atom stereocenters. The number of benzene rings is 2. The topological polar surface area (TPSA) is 64.2 Å². The highest BCUT2D eigenvalue weighted by Crippen LogP contribution is 2.36. The van der Waals surface area contributed by atoms with Gasteiger partial charge in [-0.1, -0.05) is 41.6 Å². The van der Waals surface area contributed by atoms with Gasteiger partial charge in [0, 0.05) is 39.1 Å². The summed E-state index contributed by atoms with van der Waals surface area (Å²) < 4.78 is 0. The Hall–Kier alpha value is -3.01. The van der Waals surface area contributed by atoms with E-state index in [1.165, 1.54) is 6.21 Å². The van der Waals surface area contributed by atoms with E-state index in [4.69, 9.17) is 5.21 Å². The van der Waals surface area contributed by atoms with Crippen molar-refractivity contribution in [2.45, 2.75) is 0 Å². The zero-order valence-corrected chi connectivity index (χ0v) is 11.2. The third-order valence-electron chi connectivity index (χ3n) is 3.78. The van der Waals surface area contributed by atoms with E-state index < -0.39 is 0 Å². The highest BCUT2D eigenvalue weighted by Gasteiger charge is 2.15. The van der Waals surface area contributed by atoms with Gasteiger partial charge in [-0.3, -0.25) is 0 Å². The molecule has 0 saturated carbocycles. The maximum Gasteiger partial charge on any atom is 0.0903 e. The number of hydrogen-bond donors (Lipinski definition) is 3. The first-order valence-electron chi connectivity index (χ1n) is 6.73. The van der Waals surface area contributed by atoms with Crippen LogP contribution in [0.15, 0.2) is 59.9 Å². The van der Waals surface area contributed by atoms with Crippen molar-refractivity contribution in [3.05, 3.63) is 60.4 Å². The molecule has 0 aliphatic rings. The summed E-state index contributed by atoms with van der Waals surface area (Å²) in [4.78, 5) is 6.58. The Morgan fingerprint density at radius 3 is 2.43 bits per heavy atom. The lowest BCUT2D eigenvalue weighted by Crippen LogP contribution is -1.85. The minimum atomic E-state index is 0.795. The van der Waals surface area contributed by atoms with Crippen molar-refractivity contribution in [2.24, 2.45) is 5.16 Å². The van der Waals surface area contributed by atoms with Crippen LogP contribution in [-0.4, -0.2) is 21.4 Å². The summed E-state index contributed by atoms with van der Waals surface area (Å²) in [6.45, 7) is 0. The highest BCUT2D eigenvalue weighted by molar-refractivity contribution is 6.10. The second kappa shape index (κ2) is 4.52. The van der Waals surface area contributed by atoms with Crippen molar-refractivity contribution in [3.63, 3.8) is 0 Å². The van der Waals surface area contributed by atoms with E-state index in [0.29, 0.717) is 0 Å². The normalized spacial score (nSPS) is 11.8. The molecule has 102 valence electrons. The van der Waals surface area contributed by atoms with E-state index >= 15 is 0 Å². The van der Waals surface area contributed by atoms with Crippen LogP contribution in [-0.2, 0) is 0 Å². The molecule has 0 saturated heterocycles. The molecular formula is C17H13N3O. The van der Waals surface area contributed by atoms with Crippen LogP contribution in [0.1, 0.15) is 5.69 Å². The predicted octanol–water partition coefficient (Wildman–Crippen LogP) is 4.12. The number of fused-ring (bicyclic) bond motifs is 2. The van der Waals surface area contributed by atoms with Crippen molar-refractivity contribution < 1.29 is 5.21 Å². The number of oxime groups is 1. The van der Waals surface area contributed by atoms with Crippen molar-refractivity contribution in [1.29, 1.82) is 0 Å². The first kappa shape index (κ1) is 11.8. The number of H-pyrrole nitrogens is 2. The minimum Gasteiger partial charge on any atom is -0.411 e. The lowest BCUT2D eigenvalue weighted by atomic mass is 10.0. The summed E-state index contributed by atoms with van der Waals surface area (Å²) in [6.07, 6.45) is 3.44. The maximum absolute atomic E-state index is 8.92. The van der Waals surface area contributed by atoms with Crippen LogP contribution in [0.25, 0.3) is 32.9 Å². The number of nitrogens with zero attached hydrogens (tertiary/aromatic N) is 1. The maximum atomic E-state index is 8.92. The van der Waals surface area contributed by atoms with Crippen LogP contribution in [0.5, 0.6) is 0 Å². The summed E-state index contributed by atoms with van der Waals surface area (Å²) in [5, 5.41) is 14.4. The lowest BCUT2D eigenvalue weighted by Gasteiger charge is -2.00. The van der Waals surface area contributed by atoms with Gasteiger partial charge in [-0.2, -0.15) is 0 Å². The molecule has 0 radical (unpaired) electrons. The molecule has 0 fully saturated rings. The van der Waals surface area contributed by atoms with Gasteiger partial charge in [0.25, 0.3) is 0 Å². The first-order chi connectivity index (χ1) is 10.4. The summed E-state index contributed by atoms with van der Waals surface area (Å²) >= 11 is 0. The molecule has 4 heteroatoms. The Bertz CT molecular complexity index is 962. The van der Waals surface area contributed by atoms with E-state index in [1.54, 1.807) is 0 Å². The average Bonchev–Trinajstić information content (AvgIpc) is 3.08. The Labute approximate surface area is 120 Å². The fraction of sp³-hybridized carbons (Fsp3) is 0. The van der Waals surface area contributed by atoms with Crippen molar-refractivity contribution in [3.8, 4) is 11.1 Å². The SMILES string of the molecule is O/N=C/c1[nH]c2ccccc2c1-c1c[nH]c2ccccc12. The van der Waals surface area contributed by atoms with E-state index in [1.807, 2.05) is 42.6 Å². The van der Waals surface area contributed by atoms with Crippen LogP contribution in [0, 0.1) is 0 Å². The molecular weight excluding hydrogens is 262 g/mol. The highest BCUT2D eigenvalue weighted by atomic mass is 16.4. The van der Waals surface area contributed by atoms with Gasteiger partial charge < -0.3 is 15.2 Å². The quantitative estimate of drug-likeness (QED) is 0.287. The third kappa shape index (κ3) is 1.73. The van der Waals surface area contributed by atoms with Crippen LogP contribution < -0.4 is 0 Å². The van der Waals surface area contributed by atoms with E-state index in [-0.39, 0.29) is 0 Å². The molecule has 2 heterocycles. The van der Waals surface area contributed by atoms with Gasteiger partial charge in [0.15, 0.2) is 0 Å². The molecule has 4 nitrogen and oxygen atoms in total. The van der Waals surface area contributed by atoms with Gasteiger partial charge in [-0.25, -0.2) is 0 Å². The molecule has 0 aliphatic carbocycles. The zero-order valence-electron chi connectivity index (χ0n) is 11.2. The molecule has 4 rings (SSSR count). The molecule has 21 heavy (non-hydrogen) atoms. The minimum absolute atomic E-state index is 0.795. The Morgan fingerprint density at radius 2 is 1.62 bits per heavy atom. The Balaban J connectivity index is 2.11. The van der Waals surface area contributed by atoms with Crippen LogP contribution in [0.2, 0.25) is 0 Å². The van der Waals surface area contributed by atoms with Gasteiger partial charge in [-0.05, 0) is 12.1 Å². The molecule has 2 aromatic heterocycles. The number of nitrogens with one attached hydrogen (secondary N) is 2. The second-order valence-corrected chi connectivity index (χ2v) is 4.95. The molecule has 2 aromatic carbocycles. The first-order valence-corrected chi connectivity index (χ1v) is 6.73. The fourth-order valence-electron chi connectivity index (χ4n) is 2.89. The molecule has 0 unspecified atom stereocenters. The third-order valence-corrected chi connectivity index (χ3v) is 3.78. The predicted molar refractivity (Wildman–Crippen MR) is 85.0 cm³/mol. The van der Waals surface area contributed by atoms with Gasteiger partial charge in [0.2, 0.25) is 0 Å². The van der Waals surface area contributed by atoms with Gasteiger partial charge >= 0.3 is 0 Å². The second-order valence-electron chi connectivity index (χ2n) is 4.95. The summed E-state index contributed by atoms with van der Waals surface area (Å²) in [5.41, 5.74) is 5.04. The standard InChI is InChI=1S/C17H13N3O/c21-19-10-16-17(12-6-2-4-8-15(12)20-16)13-9-18-14-7-3-1-5-11(13)14/h1-10,18,20-21H/b19-10+. The number of aromatic amines is 2. The number of para-hydroxylation sites is 2. The Kier molecular flexibility index (Phi) is 2.54. The molecule has 0 amide bonds. The van der Waals surface area contributed by atoms with E-state index in [9.17, 15) is 0 Å². The average molecular weight is 275 g/mol. The monoisotopic (exact) mass is 275 g/mol. The van der Waals surface area contributed by atoms with Crippen LogP contribution in [0.3, 0.4) is 0 Å². The summed E-state index contributed by atoms with van der Waals surface area (Å²) in [5.74, 6) is 0. The Morgan fingerprint density at radius 1 is 0.905 bits per heavy atom. The smallest absolute Gasteiger partial charge is 0.0903 e. The zero-order chi connectivity index (χ0) is 14.2. The summed E-state index contributed by atoms with van der Waals surface area (Å²) in [7, 11) is 0. The van der Waals surface area contributed by atoms with Gasteiger partial charge in [0.1, 0.15) is 0 Å². The van der Waals surface area contributed by atoms with Gasteiger partial charge in [0.05, 0.1) is 11.9 Å². The number of aromatic nitrogens is 2. The van der Waals surface area contributed by atoms with E-state index in [2.05, 4.69) is 27.3 Å². The largest absolute Gasteiger partial charge is 0.411 e. The summed E-state index contributed by atoms with van der Waals surface area (Å²) in [6, 6.07) is 16.2. The molecule has 0 spiro atoms. The number of hydrogen-bond acceptors (Lipinski definition) is 2. The van der Waals surface area contributed by atoms with Crippen LogP contribution >= 0.6 is 0 Å². The molecule has 0 bridgehead atoms. The van der Waals surface area contributed by atoms with Crippen molar-refractivity contribution in [2.75, 3.05) is 0 Å².